The highest BCUT2D eigenvalue weighted by molar-refractivity contribution is 5.37. The lowest BCUT2D eigenvalue weighted by Crippen LogP contribution is -3.00. The fraction of sp³-hybridized carbons (Fsp3) is 0.500. The van der Waals surface area contributed by atoms with Crippen LogP contribution >= 0.6 is 0 Å². The molecule has 1 aliphatic heterocycles. The van der Waals surface area contributed by atoms with E-state index in [-0.39, 0.29) is 17.0 Å². The number of hydrogen-bond donors (Lipinski definition) is 1. The maximum absolute atomic E-state index is 11.4. The summed E-state index contributed by atoms with van der Waals surface area (Å²) in [5.41, 5.74) is -0.0760. The Kier molecular flexibility index (Phi) is 7.38. The van der Waals surface area contributed by atoms with Crippen molar-refractivity contribution in [2.75, 3.05) is 11.4 Å². The molecule has 0 amide bonds. The van der Waals surface area contributed by atoms with Gasteiger partial charge in [0, 0.05) is 11.6 Å². The predicted octanol–water partition coefficient (Wildman–Crippen LogP) is 0.399. The second-order valence-electron chi connectivity index (χ2n) is 6.65. The first-order chi connectivity index (χ1) is 11.8. The van der Waals surface area contributed by atoms with Crippen LogP contribution in [0.5, 0.6) is 0 Å². The van der Waals surface area contributed by atoms with Gasteiger partial charge in [-0.3, -0.25) is 0 Å². The Morgan fingerprint density at radius 1 is 1.08 bits per heavy atom. The molecule has 0 fully saturated rings. The lowest BCUT2D eigenvalue weighted by atomic mass is 10.0. The van der Waals surface area contributed by atoms with Crippen LogP contribution in [0.4, 0.5) is 5.95 Å². The van der Waals surface area contributed by atoms with Crippen LogP contribution in [0.15, 0.2) is 48.8 Å². The van der Waals surface area contributed by atoms with Crippen molar-refractivity contribution in [2.24, 2.45) is 0 Å². The molecule has 25 heavy (non-hydrogen) atoms. The first-order valence-electron chi connectivity index (χ1n) is 9.15. The van der Waals surface area contributed by atoms with Gasteiger partial charge in [-0.1, -0.05) is 74.3 Å². The van der Waals surface area contributed by atoms with Crippen molar-refractivity contribution in [1.82, 2.24) is 4.98 Å². The average Bonchev–Trinajstić information content (AvgIpc) is 2.92. The monoisotopic (exact) mass is 405 g/mol. The zero-order chi connectivity index (χ0) is 16.8. The molecule has 1 aromatic carbocycles. The van der Waals surface area contributed by atoms with Gasteiger partial charge in [0.15, 0.2) is 0 Å². The number of aromatic nitrogens is 2. The van der Waals surface area contributed by atoms with Gasteiger partial charge in [0.05, 0.1) is 12.7 Å². The van der Waals surface area contributed by atoms with Crippen LogP contribution in [0, 0.1) is 0 Å². The van der Waals surface area contributed by atoms with E-state index in [1.54, 1.807) is 6.20 Å². The Morgan fingerprint density at radius 2 is 1.80 bits per heavy atom. The molecule has 0 radical (unpaired) electrons. The zero-order valence-corrected chi connectivity index (χ0v) is 16.5. The fourth-order valence-electron chi connectivity index (χ4n) is 3.52. The van der Waals surface area contributed by atoms with Gasteiger partial charge >= 0.3 is 5.95 Å². The zero-order valence-electron chi connectivity index (χ0n) is 14.9. The number of fused-ring (bicyclic) bond motifs is 1. The summed E-state index contributed by atoms with van der Waals surface area (Å²) in [6.07, 6.45) is 11.3. The summed E-state index contributed by atoms with van der Waals surface area (Å²) in [5, 5.41) is 11.4. The molecule has 136 valence electrons. The number of rotatable bonds is 8. The van der Waals surface area contributed by atoms with E-state index in [0.29, 0.717) is 6.54 Å². The van der Waals surface area contributed by atoms with Crippen molar-refractivity contribution in [3.8, 4) is 0 Å². The minimum absolute atomic E-state index is 0. The van der Waals surface area contributed by atoms with E-state index in [0.717, 1.165) is 24.5 Å². The van der Waals surface area contributed by atoms with Crippen LogP contribution in [-0.4, -0.2) is 16.6 Å². The summed E-state index contributed by atoms with van der Waals surface area (Å²) in [7, 11) is 0. The van der Waals surface area contributed by atoms with E-state index in [4.69, 9.17) is 0 Å². The fourth-order valence-corrected chi connectivity index (χ4v) is 3.52. The third kappa shape index (κ3) is 4.39. The Hall–Kier alpha value is -1.46. The molecule has 2 aromatic rings. The molecule has 0 unspecified atom stereocenters. The van der Waals surface area contributed by atoms with E-state index in [1.165, 1.54) is 32.1 Å². The molecule has 5 heteroatoms. The van der Waals surface area contributed by atoms with Crippen molar-refractivity contribution in [3.05, 3.63) is 54.4 Å². The second-order valence-corrected chi connectivity index (χ2v) is 6.65. The number of benzene rings is 1. The molecule has 1 atom stereocenters. The highest BCUT2D eigenvalue weighted by Crippen LogP contribution is 2.33. The van der Waals surface area contributed by atoms with Crippen molar-refractivity contribution in [1.29, 1.82) is 0 Å². The molecular formula is C20H28BrN3O. The van der Waals surface area contributed by atoms with Gasteiger partial charge in [-0.05, 0) is 6.42 Å². The number of hydrogen-bond acceptors (Lipinski definition) is 3. The normalized spacial score (nSPS) is 18.7. The Balaban J connectivity index is 0.00000225. The van der Waals surface area contributed by atoms with E-state index in [1.807, 2.05) is 47.2 Å². The van der Waals surface area contributed by atoms with E-state index >= 15 is 0 Å². The van der Waals surface area contributed by atoms with E-state index in [2.05, 4.69) is 16.8 Å². The van der Waals surface area contributed by atoms with Crippen LogP contribution in [0.2, 0.25) is 0 Å². The van der Waals surface area contributed by atoms with Gasteiger partial charge in [0.25, 0.3) is 0 Å². The van der Waals surface area contributed by atoms with E-state index < -0.39 is 5.72 Å². The highest BCUT2D eigenvalue weighted by atomic mass is 79.9. The van der Waals surface area contributed by atoms with Crippen LogP contribution in [0.3, 0.4) is 0 Å². The molecule has 0 aliphatic carbocycles. The number of aliphatic hydroxyl groups is 1. The maximum Gasteiger partial charge on any atom is 0.396 e. The lowest BCUT2D eigenvalue weighted by molar-refractivity contribution is -0.685. The molecule has 0 saturated heterocycles. The van der Waals surface area contributed by atoms with Crippen LogP contribution in [0.1, 0.15) is 51.0 Å². The van der Waals surface area contributed by atoms with Gasteiger partial charge in [-0.15, -0.1) is 0 Å². The SMILES string of the molecule is CCCCCCCCN1c2nccc[n+]2C[C@@]1(O)c1ccccc1.[Br-]. The van der Waals surface area contributed by atoms with Gasteiger partial charge in [0.1, 0.15) is 12.7 Å². The first kappa shape index (κ1) is 19.9. The molecule has 1 aliphatic rings. The molecule has 1 aromatic heterocycles. The summed E-state index contributed by atoms with van der Waals surface area (Å²) < 4.78 is 2.05. The summed E-state index contributed by atoms with van der Waals surface area (Å²) in [6, 6.07) is 11.9. The second kappa shape index (κ2) is 9.30. The maximum atomic E-state index is 11.4. The van der Waals surface area contributed by atoms with Crippen LogP contribution < -0.4 is 26.4 Å². The summed E-state index contributed by atoms with van der Waals surface area (Å²) in [6.45, 7) is 3.59. The largest absolute Gasteiger partial charge is 1.00 e. The van der Waals surface area contributed by atoms with Crippen molar-refractivity contribution < 1.29 is 26.7 Å². The smallest absolute Gasteiger partial charge is 0.396 e. The molecule has 1 N–H and O–H groups in total. The van der Waals surface area contributed by atoms with Crippen molar-refractivity contribution >= 4 is 5.95 Å². The topological polar surface area (TPSA) is 40.2 Å². The predicted molar refractivity (Wildman–Crippen MR) is 95.5 cm³/mol. The molecule has 0 bridgehead atoms. The first-order valence-corrected chi connectivity index (χ1v) is 9.15. The molecule has 0 saturated carbocycles. The summed E-state index contributed by atoms with van der Waals surface area (Å²) in [4.78, 5) is 6.59. The summed E-state index contributed by atoms with van der Waals surface area (Å²) in [5.74, 6) is 0.859. The minimum Gasteiger partial charge on any atom is -1.00 e. The molecule has 4 nitrogen and oxygen atoms in total. The van der Waals surface area contributed by atoms with Gasteiger partial charge in [0.2, 0.25) is 5.72 Å². The number of anilines is 1. The average molecular weight is 406 g/mol. The third-order valence-corrected chi connectivity index (χ3v) is 4.85. The molecule has 3 rings (SSSR count). The van der Waals surface area contributed by atoms with Crippen LogP contribution in [-0.2, 0) is 12.3 Å². The van der Waals surface area contributed by atoms with Crippen molar-refractivity contribution in [2.45, 2.75) is 57.7 Å². The van der Waals surface area contributed by atoms with E-state index in [9.17, 15) is 5.11 Å². The number of nitrogens with zero attached hydrogens (tertiary/aromatic N) is 3. The molecule has 0 spiro atoms. The summed E-state index contributed by atoms with van der Waals surface area (Å²) >= 11 is 0. The molecular weight excluding hydrogens is 378 g/mol. The van der Waals surface area contributed by atoms with Gasteiger partial charge in [-0.2, -0.15) is 0 Å². The van der Waals surface area contributed by atoms with Crippen molar-refractivity contribution in [3.63, 3.8) is 0 Å². The highest BCUT2D eigenvalue weighted by Gasteiger charge is 2.50. The minimum atomic E-state index is -1.01. The quantitative estimate of drug-likeness (QED) is 0.510. The number of halogens is 1. The Morgan fingerprint density at radius 3 is 2.56 bits per heavy atom. The van der Waals surface area contributed by atoms with Gasteiger partial charge < -0.3 is 22.1 Å². The van der Waals surface area contributed by atoms with Crippen LogP contribution in [0.25, 0.3) is 0 Å². The lowest BCUT2D eigenvalue weighted by Gasteiger charge is -2.28. The third-order valence-electron chi connectivity index (χ3n) is 4.85. The number of unbranched alkanes of at least 4 members (excludes halogenated alkanes) is 5. The Labute approximate surface area is 161 Å². The Bertz CT molecular complexity index is 652. The van der Waals surface area contributed by atoms with Gasteiger partial charge in [-0.25, -0.2) is 9.47 Å². The molecule has 2 heterocycles. The standard InChI is InChI=1S/C20H28N3O.BrH/c1-2-3-4-5-6-10-16-23-19-21-14-11-15-22(19)17-20(23,24)18-12-8-7-9-13-18;/h7-9,11-15,24H,2-6,10,16-17H2,1H3;1H/q+1;/p-1/t20-;/m1./s1.